The summed E-state index contributed by atoms with van der Waals surface area (Å²) in [5, 5.41) is 0. The zero-order valence-corrected chi connectivity index (χ0v) is 13.4. The molecule has 0 N–H and O–H groups in total. The third-order valence-corrected chi connectivity index (χ3v) is 3.36. The topological polar surface area (TPSA) is 12.9 Å². The Hall–Kier alpha value is -0.890. The van der Waals surface area contributed by atoms with Gasteiger partial charge >= 0.3 is 0 Å². The fourth-order valence-electron chi connectivity index (χ4n) is 2.88. The Morgan fingerprint density at radius 3 is 1.16 bits per heavy atom. The minimum atomic E-state index is 1.33. The highest BCUT2D eigenvalue weighted by Crippen LogP contribution is 2.12. The van der Waals surface area contributed by atoms with Gasteiger partial charge in [-0.05, 0) is 37.8 Å². The van der Waals surface area contributed by atoms with E-state index in [1.54, 1.807) is 12.4 Å². The highest BCUT2D eigenvalue weighted by atomic mass is 15.3. The van der Waals surface area contributed by atoms with Gasteiger partial charge in [-0.25, -0.2) is 0 Å². The van der Waals surface area contributed by atoms with Crippen molar-refractivity contribution < 1.29 is 4.48 Å². The van der Waals surface area contributed by atoms with Crippen LogP contribution in [0.5, 0.6) is 0 Å². The van der Waals surface area contributed by atoms with E-state index in [-0.39, 0.29) is 0 Å². The first-order chi connectivity index (χ1) is 9.24. The molecule has 0 aliphatic carbocycles. The van der Waals surface area contributed by atoms with Crippen LogP contribution in [0.15, 0.2) is 30.6 Å². The smallest absolute Gasteiger partial charge is 0.0783 e. The van der Waals surface area contributed by atoms with Crippen LogP contribution in [-0.4, -0.2) is 35.6 Å². The fourth-order valence-corrected chi connectivity index (χ4v) is 2.88. The summed E-state index contributed by atoms with van der Waals surface area (Å²) >= 11 is 0. The Kier molecular flexibility index (Phi) is 11.6. The summed E-state index contributed by atoms with van der Waals surface area (Å²) in [6.07, 6.45) is 8.83. The van der Waals surface area contributed by atoms with Crippen molar-refractivity contribution in [1.29, 1.82) is 0 Å². The summed E-state index contributed by atoms with van der Waals surface area (Å²) in [5.41, 5.74) is 0. The van der Waals surface area contributed by atoms with Crippen LogP contribution < -0.4 is 0 Å². The van der Waals surface area contributed by atoms with Crippen molar-refractivity contribution in [3.05, 3.63) is 30.6 Å². The third kappa shape index (κ3) is 8.77. The lowest BCUT2D eigenvalue weighted by atomic mass is 10.2. The molecule has 1 aromatic rings. The van der Waals surface area contributed by atoms with Gasteiger partial charge in [0.25, 0.3) is 0 Å². The molecule has 0 amide bonds. The number of nitrogens with zero attached hydrogens (tertiary/aromatic N) is 2. The number of pyridine rings is 1. The quantitative estimate of drug-likeness (QED) is 0.630. The van der Waals surface area contributed by atoms with Crippen LogP contribution in [0, 0.1) is 0 Å². The third-order valence-electron chi connectivity index (χ3n) is 3.36. The molecule has 0 saturated heterocycles. The van der Waals surface area contributed by atoms with Gasteiger partial charge in [-0.3, -0.25) is 4.98 Å². The average Bonchev–Trinajstić information content (AvgIpc) is 2.43. The molecular weight excluding hydrogens is 232 g/mol. The van der Waals surface area contributed by atoms with E-state index in [9.17, 15) is 0 Å². The first-order valence-electron chi connectivity index (χ1n) is 7.94. The van der Waals surface area contributed by atoms with Crippen LogP contribution in [0.25, 0.3) is 0 Å². The second-order valence-electron chi connectivity index (χ2n) is 5.26. The fraction of sp³-hybridized carbons (Fsp3) is 0.706. The second-order valence-corrected chi connectivity index (χ2v) is 5.26. The van der Waals surface area contributed by atoms with Crippen molar-refractivity contribution in [2.24, 2.45) is 0 Å². The highest BCUT2D eigenvalue weighted by Gasteiger charge is 2.22. The number of quaternary nitrogens is 1. The molecule has 0 saturated carbocycles. The van der Waals surface area contributed by atoms with E-state index in [4.69, 9.17) is 0 Å². The number of hydrogen-bond donors (Lipinski definition) is 0. The lowest BCUT2D eigenvalue weighted by Gasteiger charge is -2.38. The SMILES string of the molecule is CCC[N+](CCC)(CCC)CCC.c1ccncc1. The summed E-state index contributed by atoms with van der Waals surface area (Å²) in [4.78, 5) is 3.78. The monoisotopic (exact) mass is 265 g/mol. The maximum atomic E-state index is 3.78. The van der Waals surface area contributed by atoms with Gasteiger partial charge in [-0.15, -0.1) is 0 Å². The summed E-state index contributed by atoms with van der Waals surface area (Å²) in [5.74, 6) is 0. The molecule has 2 heteroatoms. The van der Waals surface area contributed by atoms with Crippen molar-refractivity contribution in [3.63, 3.8) is 0 Å². The number of hydrogen-bond acceptors (Lipinski definition) is 1. The Bertz CT molecular complexity index is 216. The summed E-state index contributed by atoms with van der Waals surface area (Å²) in [6, 6.07) is 5.72. The minimum Gasteiger partial charge on any atom is -0.324 e. The van der Waals surface area contributed by atoms with Crippen LogP contribution in [0.3, 0.4) is 0 Å². The summed E-state index contributed by atoms with van der Waals surface area (Å²) in [7, 11) is 0. The Morgan fingerprint density at radius 1 is 0.632 bits per heavy atom. The van der Waals surface area contributed by atoms with E-state index < -0.39 is 0 Å². The molecular formula is C17H33N2+. The van der Waals surface area contributed by atoms with Crippen LogP contribution in [-0.2, 0) is 0 Å². The van der Waals surface area contributed by atoms with Crippen LogP contribution in [0.2, 0.25) is 0 Å². The molecule has 0 fully saturated rings. The van der Waals surface area contributed by atoms with Gasteiger partial charge in [0, 0.05) is 12.4 Å². The van der Waals surface area contributed by atoms with Crippen molar-refractivity contribution in [3.8, 4) is 0 Å². The van der Waals surface area contributed by atoms with Gasteiger partial charge < -0.3 is 4.48 Å². The average molecular weight is 265 g/mol. The van der Waals surface area contributed by atoms with E-state index >= 15 is 0 Å². The molecule has 0 spiro atoms. The first kappa shape index (κ1) is 18.1. The van der Waals surface area contributed by atoms with Crippen molar-refractivity contribution in [1.82, 2.24) is 4.98 Å². The van der Waals surface area contributed by atoms with Gasteiger partial charge in [0.1, 0.15) is 0 Å². The van der Waals surface area contributed by atoms with Crippen molar-refractivity contribution in [2.75, 3.05) is 26.2 Å². The van der Waals surface area contributed by atoms with E-state index in [1.807, 2.05) is 18.2 Å². The minimum absolute atomic E-state index is 1.33. The van der Waals surface area contributed by atoms with Crippen molar-refractivity contribution in [2.45, 2.75) is 53.4 Å². The Labute approximate surface area is 120 Å². The van der Waals surface area contributed by atoms with Gasteiger partial charge in [-0.1, -0.05) is 33.8 Å². The lowest BCUT2D eigenvalue weighted by Crippen LogP contribution is -2.50. The summed E-state index contributed by atoms with van der Waals surface area (Å²) in [6.45, 7) is 14.8. The maximum absolute atomic E-state index is 3.78. The molecule has 110 valence electrons. The molecule has 0 atom stereocenters. The largest absolute Gasteiger partial charge is 0.324 e. The predicted octanol–water partition coefficient (Wildman–Crippen LogP) is 4.52. The number of rotatable bonds is 8. The van der Waals surface area contributed by atoms with Crippen LogP contribution >= 0.6 is 0 Å². The first-order valence-corrected chi connectivity index (χ1v) is 7.94. The summed E-state index contributed by atoms with van der Waals surface area (Å²) < 4.78 is 1.38. The molecule has 2 nitrogen and oxygen atoms in total. The standard InChI is InChI=1S/C12H28N.C5H5N/c1-5-9-13(10-6-2,11-7-3)12-8-4;1-2-4-6-5-3-1/h5-12H2,1-4H3;1-5H/q+1;. The zero-order valence-electron chi connectivity index (χ0n) is 13.4. The highest BCUT2D eigenvalue weighted by molar-refractivity contribution is 4.88. The van der Waals surface area contributed by atoms with E-state index in [2.05, 4.69) is 32.7 Å². The van der Waals surface area contributed by atoms with Gasteiger partial charge in [0.15, 0.2) is 0 Å². The van der Waals surface area contributed by atoms with E-state index in [1.165, 1.54) is 56.3 Å². The normalized spacial score (nSPS) is 10.7. The van der Waals surface area contributed by atoms with E-state index in [0.29, 0.717) is 0 Å². The predicted molar refractivity (Wildman–Crippen MR) is 85.1 cm³/mol. The molecule has 1 heterocycles. The van der Waals surface area contributed by atoms with Gasteiger partial charge in [0.05, 0.1) is 26.2 Å². The molecule has 0 aliphatic heterocycles. The van der Waals surface area contributed by atoms with Crippen molar-refractivity contribution >= 4 is 0 Å². The molecule has 0 bridgehead atoms. The zero-order chi connectivity index (χ0) is 14.4. The molecule has 0 unspecified atom stereocenters. The Balaban J connectivity index is 0.000000443. The second kappa shape index (κ2) is 12.2. The van der Waals surface area contributed by atoms with Crippen LogP contribution in [0.1, 0.15) is 53.4 Å². The molecule has 0 aromatic carbocycles. The van der Waals surface area contributed by atoms with Gasteiger partial charge in [-0.2, -0.15) is 0 Å². The molecule has 19 heavy (non-hydrogen) atoms. The maximum Gasteiger partial charge on any atom is 0.0783 e. The molecule has 1 aromatic heterocycles. The van der Waals surface area contributed by atoms with Gasteiger partial charge in [0.2, 0.25) is 0 Å². The molecule has 0 aliphatic rings. The van der Waals surface area contributed by atoms with Crippen LogP contribution in [0.4, 0.5) is 0 Å². The Morgan fingerprint density at radius 2 is 1.00 bits per heavy atom. The van der Waals surface area contributed by atoms with E-state index in [0.717, 1.165) is 0 Å². The number of aromatic nitrogens is 1. The lowest BCUT2D eigenvalue weighted by molar-refractivity contribution is -0.928. The molecule has 0 radical (unpaired) electrons. The molecule has 1 rings (SSSR count).